The Morgan fingerprint density at radius 2 is 2.24 bits per heavy atom. The molecule has 0 saturated carbocycles. The van der Waals surface area contributed by atoms with Crippen molar-refractivity contribution in [2.24, 2.45) is 0 Å². The Labute approximate surface area is 129 Å². The molecule has 1 aromatic carbocycles. The van der Waals surface area contributed by atoms with Crippen molar-refractivity contribution in [1.29, 1.82) is 0 Å². The van der Waals surface area contributed by atoms with Crippen molar-refractivity contribution in [3.8, 4) is 0 Å². The minimum absolute atomic E-state index is 0.609. The van der Waals surface area contributed by atoms with Gasteiger partial charge in [0.25, 0.3) is 0 Å². The molecule has 0 bridgehead atoms. The predicted molar refractivity (Wildman–Crippen MR) is 85.1 cm³/mol. The smallest absolute Gasteiger partial charge is 0.228 e. The van der Waals surface area contributed by atoms with E-state index in [9.17, 15) is 0 Å². The van der Waals surface area contributed by atoms with Crippen LogP contribution in [0.15, 0.2) is 33.4 Å². The highest BCUT2D eigenvalue weighted by Crippen LogP contribution is 2.29. The molecule has 0 aliphatic rings. The van der Waals surface area contributed by atoms with E-state index in [1.807, 2.05) is 18.2 Å². The third-order valence-electron chi connectivity index (χ3n) is 3.07. The number of hydrogen-bond acceptors (Lipinski definition) is 6. The summed E-state index contributed by atoms with van der Waals surface area (Å²) < 4.78 is 6.07. The normalized spacial score (nSPS) is 11.0. The summed E-state index contributed by atoms with van der Waals surface area (Å²) in [5, 5.41) is 8.07. The molecule has 0 unspecified atom stereocenters. The maximum Gasteiger partial charge on any atom is 0.228 e. The van der Waals surface area contributed by atoms with Gasteiger partial charge >= 0.3 is 0 Å². The van der Waals surface area contributed by atoms with E-state index in [2.05, 4.69) is 36.4 Å². The van der Waals surface area contributed by atoms with Gasteiger partial charge in [-0.2, -0.15) is 4.98 Å². The second kappa shape index (κ2) is 5.69. The average Bonchev–Trinajstić information content (AvgIpc) is 2.87. The molecule has 3 N–H and O–H groups in total. The van der Waals surface area contributed by atoms with Crippen LogP contribution in [0.25, 0.3) is 10.9 Å². The summed E-state index contributed by atoms with van der Waals surface area (Å²) >= 11 is 3.47. The van der Waals surface area contributed by atoms with Crippen molar-refractivity contribution in [2.75, 3.05) is 17.6 Å². The monoisotopic (exact) mass is 347 g/mol. The molecule has 21 heavy (non-hydrogen) atoms. The van der Waals surface area contributed by atoms with Crippen molar-refractivity contribution in [1.82, 2.24) is 15.1 Å². The standard InChI is InChI=1S/C14H14BrN5O/c1-8-19-13(21-20-8)4-5-17-14-10-6-9(15)2-3-12(10)18-7-11(14)16/h2-3,6-7H,4-5,16H2,1H3,(H,17,18). The maximum absolute atomic E-state index is 6.03. The molecule has 0 fully saturated rings. The second-order valence-corrected chi connectivity index (χ2v) is 5.58. The molecule has 0 amide bonds. The third-order valence-corrected chi connectivity index (χ3v) is 3.56. The Hall–Kier alpha value is -2.15. The first-order valence-electron chi connectivity index (χ1n) is 6.50. The highest BCUT2D eigenvalue weighted by molar-refractivity contribution is 9.10. The van der Waals surface area contributed by atoms with Crippen LogP contribution in [-0.4, -0.2) is 21.7 Å². The summed E-state index contributed by atoms with van der Waals surface area (Å²) in [6.45, 7) is 2.45. The van der Waals surface area contributed by atoms with Crippen LogP contribution in [0.1, 0.15) is 11.7 Å². The Kier molecular flexibility index (Phi) is 3.74. The number of aromatic nitrogens is 3. The van der Waals surface area contributed by atoms with Crippen molar-refractivity contribution >= 4 is 38.2 Å². The lowest BCUT2D eigenvalue weighted by Crippen LogP contribution is -2.08. The van der Waals surface area contributed by atoms with Crippen LogP contribution in [0.2, 0.25) is 0 Å². The van der Waals surface area contributed by atoms with E-state index < -0.39 is 0 Å². The number of fused-ring (bicyclic) bond motifs is 1. The molecule has 0 aliphatic carbocycles. The molecule has 7 heteroatoms. The molecule has 0 radical (unpaired) electrons. The summed E-state index contributed by atoms with van der Waals surface area (Å²) in [6, 6.07) is 5.90. The molecule has 0 aliphatic heterocycles. The van der Waals surface area contributed by atoms with Crippen molar-refractivity contribution < 1.29 is 4.52 Å². The van der Waals surface area contributed by atoms with E-state index >= 15 is 0 Å². The van der Waals surface area contributed by atoms with Gasteiger partial charge in [0.05, 0.1) is 23.1 Å². The Morgan fingerprint density at radius 1 is 1.38 bits per heavy atom. The first-order chi connectivity index (χ1) is 10.1. The van der Waals surface area contributed by atoms with Crippen LogP contribution >= 0.6 is 15.9 Å². The number of nitrogens with zero attached hydrogens (tertiary/aromatic N) is 3. The Bertz CT molecular complexity index is 781. The lowest BCUT2D eigenvalue weighted by Gasteiger charge is -2.11. The van der Waals surface area contributed by atoms with E-state index in [1.165, 1.54) is 0 Å². The molecule has 2 heterocycles. The minimum atomic E-state index is 0.609. The van der Waals surface area contributed by atoms with Crippen LogP contribution in [0, 0.1) is 6.92 Å². The van der Waals surface area contributed by atoms with Gasteiger partial charge in [-0.25, -0.2) is 0 Å². The van der Waals surface area contributed by atoms with Gasteiger partial charge in [-0.1, -0.05) is 21.1 Å². The molecule has 2 aromatic heterocycles. The van der Waals surface area contributed by atoms with Gasteiger partial charge in [-0.15, -0.1) is 0 Å². The van der Waals surface area contributed by atoms with Gasteiger partial charge in [0.2, 0.25) is 5.89 Å². The Balaban J connectivity index is 1.82. The SMILES string of the molecule is Cc1noc(CCNc2c(N)cnc3ccc(Br)cc23)n1. The first kappa shape index (κ1) is 13.8. The van der Waals surface area contributed by atoms with Crippen molar-refractivity contribution in [3.63, 3.8) is 0 Å². The van der Waals surface area contributed by atoms with E-state index in [0.29, 0.717) is 30.4 Å². The van der Waals surface area contributed by atoms with Crippen LogP contribution in [0.5, 0.6) is 0 Å². The van der Waals surface area contributed by atoms with E-state index in [0.717, 1.165) is 21.1 Å². The lowest BCUT2D eigenvalue weighted by atomic mass is 10.1. The third kappa shape index (κ3) is 2.97. The molecular formula is C14H14BrN5O. The van der Waals surface area contributed by atoms with Gasteiger partial charge < -0.3 is 15.6 Å². The number of nitrogens with one attached hydrogen (secondary N) is 1. The van der Waals surface area contributed by atoms with E-state index in [-0.39, 0.29) is 0 Å². The number of pyridine rings is 1. The largest absolute Gasteiger partial charge is 0.396 e. The summed E-state index contributed by atoms with van der Waals surface area (Å²) in [6.07, 6.45) is 2.30. The topological polar surface area (TPSA) is 89.9 Å². The second-order valence-electron chi connectivity index (χ2n) is 4.66. The number of nitrogens with two attached hydrogens (primary N) is 1. The highest BCUT2D eigenvalue weighted by Gasteiger charge is 2.08. The number of rotatable bonds is 4. The van der Waals surface area contributed by atoms with Gasteiger partial charge in [0.1, 0.15) is 0 Å². The predicted octanol–water partition coefficient (Wildman–Crippen LogP) is 2.93. The molecule has 3 aromatic rings. The summed E-state index contributed by atoms with van der Waals surface area (Å²) in [5.74, 6) is 1.25. The van der Waals surface area contributed by atoms with Gasteiger partial charge in [0, 0.05) is 22.8 Å². The number of halogens is 1. The number of benzene rings is 1. The fraction of sp³-hybridized carbons (Fsp3) is 0.214. The zero-order valence-corrected chi connectivity index (χ0v) is 13.0. The lowest BCUT2D eigenvalue weighted by molar-refractivity contribution is 0.377. The summed E-state index contributed by atoms with van der Waals surface area (Å²) in [7, 11) is 0. The molecule has 0 spiro atoms. The maximum atomic E-state index is 6.03. The van der Waals surface area contributed by atoms with Crippen LogP contribution in [0.4, 0.5) is 11.4 Å². The zero-order valence-electron chi connectivity index (χ0n) is 11.4. The van der Waals surface area contributed by atoms with Crippen molar-refractivity contribution in [3.05, 3.63) is 40.6 Å². The minimum Gasteiger partial charge on any atom is -0.396 e. The van der Waals surface area contributed by atoms with E-state index in [1.54, 1.807) is 13.1 Å². The summed E-state index contributed by atoms with van der Waals surface area (Å²) in [4.78, 5) is 8.50. The van der Waals surface area contributed by atoms with Gasteiger partial charge in [-0.3, -0.25) is 4.98 Å². The van der Waals surface area contributed by atoms with Crippen LogP contribution in [-0.2, 0) is 6.42 Å². The molecule has 108 valence electrons. The highest BCUT2D eigenvalue weighted by atomic mass is 79.9. The average molecular weight is 348 g/mol. The number of nitrogen functional groups attached to an aromatic ring is 1. The summed E-state index contributed by atoms with van der Waals surface area (Å²) in [5.41, 5.74) is 8.41. The Morgan fingerprint density at radius 3 is 3.00 bits per heavy atom. The van der Waals surface area contributed by atoms with Gasteiger partial charge in [-0.05, 0) is 25.1 Å². The molecule has 0 saturated heterocycles. The van der Waals surface area contributed by atoms with E-state index in [4.69, 9.17) is 10.3 Å². The van der Waals surface area contributed by atoms with Crippen molar-refractivity contribution in [2.45, 2.75) is 13.3 Å². The fourth-order valence-electron chi connectivity index (χ4n) is 2.11. The number of hydrogen-bond donors (Lipinski definition) is 2. The molecule has 0 atom stereocenters. The first-order valence-corrected chi connectivity index (χ1v) is 7.29. The zero-order chi connectivity index (χ0) is 14.8. The number of anilines is 2. The number of aryl methyl sites for hydroxylation is 1. The molecular weight excluding hydrogens is 334 g/mol. The fourth-order valence-corrected chi connectivity index (χ4v) is 2.47. The van der Waals surface area contributed by atoms with Gasteiger partial charge in [0.15, 0.2) is 5.82 Å². The molecule has 3 rings (SSSR count). The quantitative estimate of drug-likeness (QED) is 0.754. The van der Waals surface area contributed by atoms with Crippen LogP contribution < -0.4 is 11.1 Å². The molecule has 6 nitrogen and oxygen atoms in total. The van der Waals surface area contributed by atoms with Crippen LogP contribution in [0.3, 0.4) is 0 Å².